The largest absolute Gasteiger partial charge is 0.276 e. The standard InChI is InChI=1S/C12H19BrN2/c1-15-9-11(8-14-15)6-10-4-2-3-5-12(13)7-10/h8-10,12H,2-7H2,1H3. The Balaban J connectivity index is 1.92. The molecule has 1 heterocycles. The Morgan fingerprint density at radius 3 is 3.00 bits per heavy atom. The van der Waals surface area contributed by atoms with Gasteiger partial charge in [0.2, 0.25) is 0 Å². The molecule has 2 unspecified atom stereocenters. The van der Waals surface area contributed by atoms with E-state index >= 15 is 0 Å². The summed E-state index contributed by atoms with van der Waals surface area (Å²) in [5.41, 5.74) is 1.39. The van der Waals surface area contributed by atoms with Gasteiger partial charge in [-0.2, -0.15) is 5.10 Å². The zero-order valence-corrected chi connectivity index (χ0v) is 10.9. The van der Waals surface area contributed by atoms with Gasteiger partial charge in [-0.05, 0) is 30.7 Å². The monoisotopic (exact) mass is 270 g/mol. The molecule has 1 aromatic rings. The average molecular weight is 271 g/mol. The van der Waals surface area contributed by atoms with Crippen LogP contribution in [0.15, 0.2) is 12.4 Å². The lowest BCUT2D eigenvalue weighted by Gasteiger charge is -2.14. The van der Waals surface area contributed by atoms with Crippen LogP contribution < -0.4 is 0 Å². The molecule has 1 aromatic heterocycles. The third-order valence-electron chi connectivity index (χ3n) is 3.25. The maximum Gasteiger partial charge on any atom is 0.0521 e. The molecule has 2 atom stereocenters. The normalized spacial score (nSPS) is 27.6. The van der Waals surface area contributed by atoms with Crippen LogP contribution in [-0.2, 0) is 13.5 Å². The molecule has 0 aromatic carbocycles. The van der Waals surface area contributed by atoms with Crippen LogP contribution in [0.4, 0.5) is 0 Å². The van der Waals surface area contributed by atoms with Gasteiger partial charge in [0.05, 0.1) is 6.20 Å². The predicted molar refractivity (Wildman–Crippen MR) is 66.2 cm³/mol. The Labute approximate surface area is 100 Å². The van der Waals surface area contributed by atoms with Crippen molar-refractivity contribution in [1.29, 1.82) is 0 Å². The van der Waals surface area contributed by atoms with Gasteiger partial charge in [0.25, 0.3) is 0 Å². The Hall–Kier alpha value is -0.310. The summed E-state index contributed by atoms with van der Waals surface area (Å²) >= 11 is 3.78. The van der Waals surface area contributed by atoms with E-state index in [-0.39, 0.29) is 0 Å². The molecule has 2 rings (SSSR count). The number of halogens is 1. The van der Waals surface area contributed by atoms with Crippen molar-refractivity contribution < 1.29 is 0 Å². The van der Waals surface area contributed by atoms with E-state index in [1.165, 1.54) is 44.1 Å². The van der Waals surface area contributed by atoms with Crippen LogP contribution in [-0.4, -0.2) is 14.6 Å². The highest BCUT2D eigenvalue weighted by atomic mass is 79.9. The van der Waals surface area contributed by atoms with Crippen molar-refractivity contribution in [2.24, 2.45) is 13.0 Å². The fraction of sp³-hybridized carbons (Fsp3) is 0.750. The molecule has 0 bridgehead atoms. The SMILES string of the molecule is Cn1cc(CC2CCCCC(Br)C2)cn1. The second-order valence-corrected chi connectivity index (χ2v) is 6.00. The number of aryl methyl sites for hydroxylation is 1. The third-order valence-corrected chi connectivity index (χ3v) is 4.08. The molecule has 84 valence electrons. The molecule has 1 fully saturated rings. The molecule has 1 aliphatic rings. The number of aromatic nitrogens is 2. The molecule has 0 N–H and O–H groups in total. The van der Waals surface area contributed by atoms with Gasteiger partial charge in [-0.1, -0.05) is 35.2 Å². The molecule has 0 saturated heterocycles. The molecule has 3 heteroatoms. The second kappa shape index (κ2) is 5.15. The maximum atomic E-state index is 4.23. The molecular formula is C12H19BrN2. The topological polar surface area (TPSA) is 17.8 Å². The number of rotatable bonds is 2. The summed E-state index contributed by atoms with van der Waals surface area (Å²) in [5, 5.41) is 4.23. The van der Waals surface area contributed by atoms with E-state index in [0.29, 0.717) is 0 Å². The van der Waals surface area contributed by atoms with Crippen LogP contribution in [0.5, 0.6) is 0 Å². The quantitative estimate of drug-likeness (QED) is 0.596. The first-order valence-electron chi connectivity index (χ1n) is 5.85. The summed E-state index contributed by atoms with van der Waals surface area (Å²) in [7, 11) is 1.99. The highest BCUT2D eigenvalue weighted by Crippen LogP contribution is 2.29. The van der Waals surface area contributed by atoms with E-state index in [9.17, 15) is 0 Å². The summed E-state index contributed by atoms with van der Waals surface area (Å²) in [6.45, 7) is 0. The van der Waals surface area contributed by atoms with E-state index in [1.807, 2.05) is 17.9 Å². The minimum Gasteiger partial charge on any atom is -0.276 e. The number of nitrogens with zero attached hydrogens (tertiary/aromatic N) is 2. The molecule has 0 spiro atoms. The molecule has 0 radical (unpaired) electrons. The second-order valence-electron chi connectivity index (χ2n) is 4.71. The zero-order valence-electron chi connectivity index (χ0n) is 9.32. The smallest absolute Gasteiger partial charge is 0.0521 e. The van der Waals surface area contributed by atoms with E-state index < -0.39 is 0 Å². The molecule has 1 saturated carbocycles. The number of hydrogen-bond donors (Lipinski definition) is 0. The van der Waals surface area contributed by atoms with E-state index in [1.54, 1.807) is 0 Å². The molecule has 1 aliphatic carbocycles. The van der Waals surface area contributed by atoms with Crippen molar-refractivity contribution in [2.45, 2.75) is 43.4 Å². The Kier molecular flexibility index (Phi) is 3.84. The van der Waals surface area contributed by atoms with E-state index in [2.05, 4.69) is 27.2 Å². The van der Waals surface area contributed by atoms with Crippen LogP contribution in [0.1, 0.15) is 37.7 Å². The number of alkyl halides is 1. The van der Waals surface area contributed by atoms with Crippen molar-refractivity contribution in [3.8, 4) is 0 Å². The molecule has 0 amide bonds. The molecule has 15 heavy (non-hydrogen) atoms. The first-order chi connectivity index (χ1) is 7.24. The van der Waals surface area contributed by atoms with Crippen molar-refractivity contribution in [3.05, 3.63) is 18.0 Å². The Bertz CT molecular complexity index is 308. The lowest BCUT2D eigenvalue weighted by molar-refractivity contribution is 0.463. The van der Waals surface area contributed by atoms with Gasteiger partial charge in [-0.3, -0.25) is 4.68 Å². The predicted octanol–water partition coefficient (Wildman–Crippen LogP) is 3.31. The highest BCUT2D eigenvalue weighted by Gasteiger charge is 2.18. The van der Waals surface area contributed by atoms with Gasteiger partial charge < -0.3 is 0 Å². The lowest BCUT2D eigenvalue weighted by atomic mass is 9.94. The zero-order chi connectivity index (χ0) is 10.7. The van der Waals surface area contributed by atoms with Crippen molar-refractivity contribution in [3.63, 3.8) is 0 Å². The van der Waals surface area contributed by atoms with Crippen LogP contribution in [0, 0.1) is 5.92 Å². The van der Waals surface area contributed by atoms with Gasteiger partial charge in [-0.15, -0.1) is 0 Å². The fourth-order valence-corrected chi connectivity index (χ4v) is 3.34. The van der Waals surface area contributed by atoms with Crippen molar-refractivity contribution in [2.75, 3.05) is 0 Å². The van der Waals surface area contributed by atoms with Gasteiger partial charge >= 0.3 is 0 Å². The van der Waals surface area contributed by atoms with Gasteiger partial charge in [0.1, 0.15) is 0 Å². The highest BCUT2D eigenvalue weighted by molar-refractivity contribution is 9.09. The first kappa shape index (κ1) is 11.2. The minimum absolute atomic E-state index is 0.738. The summed E-state index contributed by atoms with van der Waals surface area (Å²) < 4.78 is 1.90. The fourth-order valence-electron chi connectivity index (χ4n) is 2.49. The lowest BCUT2D eigenvalue weighted by Crippen LogP contribution is -2.07. The molecule has 0 aliphatic heterocycles. The summed E-state index contributed by atoms with van der Waals surface area (Å²) in [4.78, 5) is 0.738. The van der Waals surface area contributed by atoms with Crippen LogP contribution >= 0.6 is 15.9 Å². The van der Waals surface area contributed by atoms with Gasteiger partial charge in [0.15, 0.2) is 0 Å². The minimum atomic E-state index is 0.738. The average Bonchev–Trinajstić information content (AvgIpc) is 2.46. The van der Waals surface area contributed by atoms with Crippen LogP contribution in [0.3, 0.4) is 0 Å². The van der Waals surface area contributed by atoms with Crippen LogP contribution in [0.2, 0.25) is 0 Å². The van der Waals surface area contributed by atoms with E-state index in [4.69, 9.17) is 0 Å². The molecule has 2 nitrogen and oxygen atoms in total. The number of hydrogen-bond acceptors (Lipinski definition) is 1. The van der Waals surface area contributed by atoms with Gasteiger partial charge in [-0.25, -0.2) is 0 Å². The third kappa shape index (κ3) is 3.33. The van der Waals surface area contributed by atoms with Crippen molar-refractivity contribution >= 4 is 15.9 Å². The van der Waals surface area contributed by atoms with Crippen molar-refractivity contribution in [1.82, 2.24) is 9.78 Å². The Morgan fingerprint density at radius 1 is 1.47 bits per heavy atom. The maximum absolute atomic E-state index is 4.23. The first-order valence-corrected chi connectivity index (χ1v) is 6.77. The van der Waals surface area contributed by atoms with Gasteiger partial charge in [0, 0.05) is 18.1 Å². The summed E-state index contributed by atoms with van der Waals surface area (Å²) in [6, 6.07) is 0. The van der Waals surface area contributed by atoms with Crippen LogP contribution in [0.25, 0.3) is 0 Å². The summed E-state index contributed by atoms with van der Waals surface area (Å²) in [6.07, 6.45) is 12.2. The summed E-state index contributed by atoms with van der Waals surface area (Å²) in [5.74, 6) is 0.848. The molecular weight excluding hydrogens is 252 g/mol. The Morgan fingerprint density at radius 2 is 2.27 bits per heavy atom. The van der Waals surface area contributed by atoms with E-state index in [0.717, 1.165) is 10.7 Å².